The van der Waals surface area contributed by atoms with E-state index < -0.39 is 0 Å². The lowest BCUT2D eigenvalue weighted by Gasteiger charge is -2.31. The average Bonchev–Trinajstić information content (AvgIpc) is 1.88. The summed E-state index contributed by atoms with van der Waals surface area (Å²) >= 11 is 5.88. The summed E-state index contributed by atoms with van der Waals surface area (Å²) in [5, 5.41) is 0. The van der Waals surface area contributed by atoms with Crippen molar-refractivity contribution in [2.24, 2.45) is 11.3 Å². The van der Waals surface area contributed by atoms with Crippen molar-refractivity contribution in [3.05, 3.63) is 0 Å². The molecule has 0 bridgehead atoms. The van der Waals surface area contributed by atoms with E-state index in [2.05, 4.69) is 27.7 Å². The van der Waals surface area contributed by atoms with Gasteiger partial charge in [0.15, 0.2) is 0 Å². The highest BCUT2D eigenvalue weighted by Gasteiger charge is 2.25. The summed E-state index contributed by atoms with van der Waals surface area (Å²) in [6.07, 6.45) is 2.48. The van der Waals surface area contributed by atoms with Crippen LogP contribution in [0.5, 0.6) is 0 Å². The van der Waals surface area contributed by atoms with Crippen molar-refractivity contribution in [2.45, 2.75) is 40.5 Å². The van der Waals surface area contributed by atoms with Crippen molar-refractivity contribution in [1.29, 1.82) is 0 Å². The minimum atomic E-state index is 0.357. The zero-order valence-electron chi connectivity index (χ0n) is 7.58. The molecule has 0 aliphatic carbocycles. The molecular weight excluding hydrogens is 144 g/mol. The number of hydrogen-bond donors (Lipinski definition) is 0. The van der Waals surface area contributed by atoms with Gasteiger partial charge in [0.2, 0.25) is 0 Å². The lowest BCUT2D eigenvalue weighted by molar-refractivity contribution is 0.232. The number of rotatable bonds is 4. The van der Waals surface area contributed by atoms with Crippen LogP contribution >= 0.6 is 11.6 Å². The Balaban J connectivity index is 3.94. The molecule has 0 aliphatic rings. The first-order valence-electron chi connectivity index (χ1n) is 4.12. The number of halogens is 1. The van der Waals surface area contributed by atoms with Crippen LogP contribution in [0.2, 0.25) is 0 Å². The highest BCUT2D eigenvalue weighted by Crippen LogP contribution is 2.33. The van der Waals surface area contributed by atoms with Crippen LogP contribution in [0.15, 0.2) is 0 Å². The Kier molecular flexibility index (Phi) is 4.35. The summed E-state index contributed by atoms with van der Waals surface area (Å²) in [4.78, 5) is 0. The molecule has 0 aromatic carbocycles. The van der Waals surface area contributed by atoms with Gasteiger partial charge in [0, 0.05) is 5.88 Å². The summed E-state index contributed by atoms with van der Waals surface area (Å²) in [5.74, 6) is 1.49. The van der Waals surface area contributed by atoms with Gasteiger partial charge in [0.25, 0.3) is 0 Å². The van der Waals surface area contributed by atoms with Gasteiger partial charge in [-0.1, -0.05) is 34.1 Å². The van der Waals surface area contributed by atoms with Crippen LogP contribution in [-0.4, -0.2) is 5.88 Å². The van der Waals surface area contributed by atoms with Gasteiger partial charge in [-0.05, 0) is 17.8 Å². The van der Waals surface area contributed by atoms with E-state index in [1.165, 1.54) is 12.8 Å². The fourth-order valence-electron chi connectivity index (χ4n) is 1.08. The van der Waals surface area contributed by atoms with Crippen LogP contribution < -0.4 is 0 Å². The van der Waals surface area contributed by atoms with Gasteiger partial charge in [0.1, 0.15) is 0 Å². The molecule has 0 saturated carbocycles. The Hall–Kier alpha value is 0.290. The molecule has 0 amide bonds. The van der Waals surface area contributed by atoms with Crippen LogP contribution in [0, 0.1) is 11.3 Å². The average molecular weight is 163 g/mol. The number of alkyl halides is 1. The second kappa shape index (κ2) is 4.23. The van der Waals surface area contributed by atoms with Crippen LogP contribution in [-0.2, 0) is 0 Å². The molecule has 0 aromatic rings. The first kappa shape index (κ1) is 10.3. The topological polar surface area (TPSA) is 0 Å². The summed E-state index contributed by atoms with van der Waals surface area (Å²) in [5.41, 5.74) is 0.357. The lowest BCUT2D eigenvalue weighted by atomic mass is 9.77. The van der Waals surface area contributed by atoms with Gasteiger partial charge < -0.3 is 0 Å². The van der Waals surface area contributed by atoms with Crippen molar-refractivity contribution in [2.75, 3.05) is 5.88 Å². The van der Waals surface area contributed by atoms with Gasteiger partial charge >= 0.3 is 0 Å². The van der Waals surface area contributed by atoms with Crippen LogP contribution in [0.25, 0.3) is 0 Å². The molecule has 0 radical (unpaired) electrons. The molecular formula is C9H19Cl. The zero-order chi connectivity index (χ0) is 8.20. The maximum atomic E-state index is 5.88. The van der Waals surface area contributed by atoms with E-state index in [9.17, 15) is 0 Å². The summed E-state index contributed by atoms with van der Waals surface area (Å²) in [6.45, 7) is 8.98. The largest absolute Gasteiger partial charge is 0.126 e. The molecule has 1 heteroatoms. The molecule has 0 nitrogen and oxygen atoms in total. The Labute approximate surface area is 70.0 Å². The molecule has 1 unspecified atom stereocenters. The maximum absolute atomic E-state index is 5.88. The summed E-state index contributed by atoms with van der Waals surface area (Å²) < 4.78 is 0. The van der Waals surface area contributed by atoms with Crippen molar-refractivity contribution in [3.63, 3.8) is 0 Å². The minimum absolute atomic E-state index is 0.357. The first-order valence-corrected chi connectivity index (χ1v) is 4.66. The standard InChI is InChI=1S/C9H19Cl/c1-5-6-9(4,7-10)8(2)3/h8H,5-7H2,1-4H3. The normalized spacial score (nSPS) is 17.4. The van der Waals surface area contributed by atoms with Crippen LogP contribution in [0.3, 0.4) is 0 Å². The molecule has 10 heavy (non-hydrogen) atoms. The molecule has 62 valence electrons. The van der Waals surface area contributed by atoms with E-state index in [1.807, 2.05) is 0 Å². The molecule has 0 aliphatic heterocycles. The summed E-state index contributed by atoms with van der Waals surface area (Å²) in [7, 11) is 0. The Morgan fingerprint density at radius 3 is 2.00 bits per heavy atom. The van der Waals surface area contributed by atoms with Crippen LogP contribution in [0.4, 0.5) is 0 Å². The third-order valence-corrected chi connectivity index (χ3v) is 3.13. The fraction of sp³-hybridized carbons (Fsp3) is 1.00. The van der Waals surface area contributed by atoms with E-state index in [4.69, 9.17) is 11.6 Å². The molecule has 0 aromatic heterocycles. The predicted octanol–water partition coefficient (Wildman–Crippen LogP) is 3.69. The van der Waals surface area contributed by atoms with E-state index >= 15 is 0 Å². The third-order valence-electron chi connectivity index (χ3n) is 2.52. The van der Waals surface area contributed by atoms with E-state index in [0.29, 0.717) is 11.3 Å². The molecule has 0 saturated heterocycles. The maximum Gasteiger partial charge on any atom is 0.0279 e. The fourth-order valence-corrected chi connectivity index (χ4v) is 1.52. The second-order valence-corrected chi connectivity index (χ2v) is 3.96. The van der Waals surface area contributed by atoms with Crippen LogP contribution in [0.1, 0.15) is 40.5 Å². The lowest BCUT2D eigenvalue weighted by Crippen LogP contribution is -2.24. The molecule has 0 spiro atoms. The van der Waals surface area contributed by atoms with Gasteiger partial charge in [-0.25, -0.2) is 0 Å². The quantitative estimate of drug-likeness (QED) is 0.554. The molecule has 0 fully saturated rings. The van der Waals surface area contributed by atoms with Gasteiger partial charge in [-0.15, -0.1) is 11.6 Å². The molecule has 1 atom stereocenters. The summed E-state index contributed by atoms with van der Waals surface area (Å²) in [6, 6.07) is 0. The zero-order valence-corrected chi connectivity index (χ0v) is 8.33. The third kappa shape index (κ3) is 2.49. The smallest absolute Gasteiger partial charge is 0.0279 e. The minimum Gasteiger partial charge on any atom is -0.126 e. The molecule has 0 heterocycles. The van der Waals surface area contributed by atoms with Gasteiger partial charge in [-0.3, -0.25) is 0 Å². The van der Waals surface area contributed by atoms with E-state index in [0.717, 1.165) is 5.88 Å². The van der Waals surface area contributed by atoms with E-state index in [-0.39, 0.29) is 0 Å². The molecule has 0 N–H and O–H groups in total. The van der Waals surface area contributed by atoms with Crippen molar-refractivity contribution >= 4 is 11.6 Å². The Bertz CT molecular complexity index is 88.7. The second-order valence-electron chi connectivity index (χ2n) is 3.69. The number of hydrogen-bond acceptors (Lipinski definition) is 0. The van der Waals surface area contributed by atoms with Crippen molar-refractivity contribution in [3.8, 4) is 0 Å². The predicted molar refractivity (Wildman–Crippen MR) is 48.6 cm³/mol. The molecule has 0 rings (SSSR count). The van der Waals surface area contributed by atoms with E-state index in [1.54, 1.807) is 0 Å². The highest BCUT2D eigenvalue weighted by atomic mass is 35.5. The van der Waals surface area contributed by atoms with Gasteiger partial charge in [0.05, 0.1) is 0 Å². The van der Waals surface area contributed by atoms with Crippen molar-refractivity contribution < 1.29 is 0 Å². The highest BCUT2D eigenvalue weighted by molar-refractivity contribution is 6.18. The Morgan fingerprint density at radius 2 is 1.90 bits per heavy atom. The Morgan fingerprint density at radius 1 is 1.40 bits per heavy atom. The van der Waals surface area contributed by atoms with Crippen molar-refractivity contribution in [1.82, 2.24) is 0 Å². The SMILES string of the molecule is CCCC(C)(CCl)C(C)C. The van der Waals surface area contributed by atoms with Gasteiger partial charge in [-0.2, -0.15) is 0 Å². The monoisotopic (exact) mass is 162 g/mol. The first-order chi connectivity index (χ1) is 4.56.